The van der Waals surface area contributed by atoms with Crippen LogP contribution in [-0.2, 0) is 19.1 Å². The molecule has 1 unspecified atom stereocenters. The lowest BCUT2D eigenvalue weighted by Crippen LogP contribution is -2.41. The fourth-order valence-corrected chi connectivity index (χ4v) is 3.42. The first-order chi connectivity index (χ1) is 16.3. The predicted molar refractivity (Wildman–Crippen MR) is 130 cm³/mol. The molecule has 3 aromatic rings. The molecule has 0 aliphatic carbocycles. The second-order valence-electron chi connectivity index (χ2n) is 10.2. The van der Waals surface area contributed by atoms with Gasteiger partial charge < -0.3 is 14.8 Å². The minimum atomic E-state index is -1.31. The Morgan fingerprint density at radius 1 is 0.857 bits per heavy atom. The molecule has 1 N–H and O–H groups in total. The molecular formula is C26H32N4O5. The van der Waals surface area contributed by atoms with E-state index in [1.54, 1.807) is 84.0 Å². The van der Waals surface area contributed by atoms with Crippen molar-refractivity contribution < 1.29 is 23.9 Å². The van der Waals surface area contributed by atoms with E-state index in [0.29, 0.717) is 16.6 Å². The number of hydrogen-bond acceptors (Lipinski definition) is 7. The molecule has 0 radical (unpaired) electrons. The molecule has 0 saturated heterocycles. The van der Waals surface area contributed by atoms with Crippen molar-refractivity contribution in [2.75, 3.05) is 0 Å². The van der Waals surface area contributed by atoms with Gasteiger partial charge in [0.05, 0.1) is 5.52 Å². The van der Waals surface area contributed by atoms with Crippen LogP contribution >= 0.6 is 0 Å². The molecule has 1 atom stereocenters. The number of fused-ring (bicyclic) bond motifs is 1. The van der Waals surface area contributed by atoms with E-state index in [1.807, 2.05) is 12.1 Å². The van der Waals surface area contributed by atoms with E-state index in [4.69, 9.17) is 9.47 Å². The maximum absolute atomic E-state index is 13.1. The molecule has 0 spiro atoms. The molecule has 2 aromatic carbocycles. The number of aromatic nitrogens is 3. The molecule has 0 saturated carbocycles. The fraction of sp³-hybridized carbons (Fsp3) is 0.423. The first-order valence-electron chi connectivity index (χ1n) is 11.5. The Morgan fingerprint density at radius 3 is 1.97 bits per heavy atom. The number of nitrogens with zero attached hydrogens (tertiary/aromatic N) is 3. The second kappa shape index (κ2) is 10.2. The van der Waals surface area contributed by atoms with Crippen molar-refractivity contribution >= 4 is 28.9 Å². The van der Waals surface area contributed by atoms with Crippen LogP contribution in [0, 0.1) is 5.92 Å². The molecule has 9 heteroatoms. The smallest absolute Gasteiger partial charge is 0.321 e. The number of carbonyl (C=O) groups is 3. The Balaban J connectivity index is 2.00. The van der Waals surface area contributed by atoms with E-state index in [2.05, 4.69) is 15.6 Å². The molecule has 0 fully saturated rings. The van der Waals surface area contributed by atoms with Crippen LogP contribution in [0.2, 0.25) is 0 Å². The summed E-state index contributed by atoms with van der Waals surface area (Å²) in [7, 11) is 0. The van der Waals surface area contributed by atoms with Crippen LogP contribution in [0.25, 0.3) is 11.0 Å². The number of benzene rings is 2. The molecule has 1 amide bonds. The Morgan fingerprint density at radius 2 is 1.40 bits per heavy atom. The van der Waals surface area contributed by atoms with Crippen LogP contribution in [-0.4, -0.2) is 44.0 Å². The van der Waals surface area contributed by atoms with Gasteiger partial charge >= 0.3 is 11.9 Å². The summed E-state index contributed by atoms with van der Waals surface area (Å²) in [4.78, 5) is 39.3. The number of esters is 2. The van der Waals surface area contributed by atoms with Crippen LogP contribution in [0.4, 0.5) is 0 Å². The first kappa shape index (κ1) is 25.9. The van der Waals surface area contributed by atoms with E-state index in [0.717, 1.165) is 0 Å². The van der Waals surface area contributed by atoms with Crippen LogP contribution < -0.4 is 5.32 Å². The number of para-hydroxylation sites is 1. The van der Waals surface area contributed by atoms with Gasteiger partial charge in [-0.1, -0.05) is 35.5 Å². The topological polar surface area (TPSA) is 112 Å². The van der Waals surface area contributed by atoms with E-state index < -0.39 is 35.2 Å². The Kier molecular flexibility index (Phi) is 7.57. The third kappa shape index (κ3) is 7.11. The summed E-state index contributed by atoms with van der Waals surface area (Å²) in [5.74, 6) is -3.18. The number of ether oxygens (including phenoxy) is 2. The van der Waals surface area contributed by atoms with Gasteiger partial charge in [0, 0.05) is 12.0 Å². The summed E-state index contributed by atoms with van der Waals surface area (Å²) in [6.45, 7) is 10.3. The maximum Gasteiger partial charge on any atom is 0.321 e. The van der Waals surface area contributed by atoms with Crippen LogP contribution in [0.3, 0.4) is 0 Å². The lowest BCUT2D eigenvalue weighted by Gasteiger charge is -2.28. The van der Waals surface area contributed by atoms with Crippen molar-refractivity contribution in [2.45, 2.75) is 65.3 Å². The van der Waals surface area contributed by atoms with Crippen molar-refractivity contribution in [3.63, 3.8) is 0 Å². The Bertz CT molecular complexity index is 1160. The summed E-state index contributed by atoms with van der Waals surface area (Å²) in [5.41, 5.74) is 0.0312. The molecule has 0 bridgehead atoms. The number of amides is 1. The summed E-state index contributed by atoms with van der Waals surface area (Å²) in [6, 6.07) is 15.9. The molecule has 1 heterocycles. The van der Waals surface area contributed by atoms with Crippen LogP contribution in [0.1, 0.15) is 64.5 Å². The minimum absolute atomic E-state index is 0.143. The van der Waals surface area contributed by atoms with Crippen molar-refractivity contribution in [2.24, 2.45) is 5.92 Å². The lowest BCUT2D eigenvalue weighted by molar-refractivity contribution is -0.175. The first-order valence-corrected chi connectivity index (χ1v) is 11.5. The zero-order valence-corrected chi connectivity index (χ0v) is 20.9. The average Bonchev–Trinajstić information content (AvgIpc) is 3.18. The molecule has 9 nitrogen and oxygen atoms in total. The van der Waals surface area contributed by atoms with Gasteiger partial charge in [0.2, 0.25) is 0 Å². The molecule has 35 heavy (non-hydrogen) atoms. The highest BCUT2D eigenvalue weighted by Crippen LogP contribution is 2.25. The highest BCUT2D eigenvalue weighted by Gasteiger charge is 2.38. The zero-order chi connectivity index (χ0) is 25.8. The summed E-state index contributed by atoms with van der Waals surface area (Å²) in [6.07, 6.45) is -1.03. The van der Waals surface area contributed by atoms with E-state index in [-0.39, 0.29) is 12.3 Å². The Hall–Kier alpha value is -3.75. The molecular weight excluding hydrogens is 448 g/mol. The largest absolute Gasteiger partial charge is 0.459 e. The van der Waals surface area contributed by atoms with Crippen LogP contribution in [0.15, 0.2) is 54.6 Å². The Labute approximate surface area is 204 Å². The van der Waals surface area contributed by atoms with Gasteiger partial charge in [-0.15, -0.1) is 5.10 Å². The summed E-state index contributed by atoms with van der Waals surface area (Å²) < 4.78 is 12.6. The normalized spacial score (nSPS) is 12.9. The maximum atomic E-state index is 13.1. The third-order valence-electron chi connectivity index (χ3n) is 4.85. The van der Waals surface area contributed by atoms with E-state index in [9.17, 15) is 14.4 Å². The molecule has 186 valence electrons. The predicted octanol–water partition coefficient (Wildman–Crippen LogP) is 4.05. The van der Waals surface area contributed by atoms with E-state index in [1.165, 1.54) is 4.68 Å². The monoisotopic (exact) mass is 480 g/mol. The minimum Gasteiger partial charge on any atom is -0.459 e. The standard InChI is InChI=1S/C26H32N4O5/c1-25(2,3)34-23(32)18(24(33)35-26(4,5)6)16-21(27-22(31)17-12-8-7-9-13-17)30-20-15-11-10-14-19(20)28-29-30/h7-15,18,21H,16H2,1-6H3,(H,27,31). The van der Waals surface area contributed by atoms with Gasteiger partial charge in [-0.25, -0.2) is 4.68 Å². The second-order valence-corrected chi connectivity index (χ2v) is 10.2. The summed E-state index contributed by atoms with van der Waals surface area (Å²) >= 11 is 0. The van der Waals surface area contributed by atoms with Crippen LogP contribution in [0.5, 0.6) is 0 Å². The van der Waals surface area contributed by atoms with Crippen molar-refractivity contribution in [3.05, 3.63) is 60.2 Å². The van der Waals surface area contributed by atoms with Gasteiger partial charge in [0.15, 0.2) is 5.92 Å². The quantitative estimate of drug-likeness (QED) is 0.401. The zero-order valence-electron chi connectivity index (χ0n) is 20.9. The number of carbonyl (C=O) groups excluding carboxylic acids is 3. The lowest BCUT2D eigenvalue weighted by atomic mass is 10.0. The van der Waals surface area contributed by atoms with Crippen molar-refractivity contribution in [1.29, 1.82) is 0 Å². The van der Waals surface area contributed by atoms with E-state index >= 15 is 0 Å². The molecule has 3 rings (SSSR count). The highest BCUT2D eigenvalue weighted by atomic mass is 16.6. The average molecular weight is 481 g/mol. The van der Waals surface area contributed by atoms with Crippen molar-refractivity contribution in [1.82, 2.24) is 20.3 Å². The number of nitrogens with one attached hydrogen (secondary N) is 1. The SMILES string of the molecule is CC(C)(C)OC(=O)C(CC(NC(=O)c1ccccc1)n1nnc2ccccc21)C(=O)OC(C)(C)C. The fourth-order valence-electron chi connectivity index (χ4n) is 3.42. The third-order valence-corrected chi connectivity index (χ3v) is 4.85. The number of rotatable bonds is 7. The van der Waals surface area contributed by atoms with Gasteiger partial charge in [-0.3, -0.25) is 14.4 Å². The molecule has 1 aromatic heterocycles. The molecule has 0 aliphatic heterocycles. The summed E-state index contributed by atoms with van der Waals surface area (Å²) in [5, 5.41) is 11.3. The van der Waals surface area contributed by atoms with Gasteiger partial charge in [0.1, 0.15) is 22.9 Å². The highest BCUT2D eigenvalue weighted by molar-refractivity contribution is 5.96. The van der Waals surface area contributed by atoms with Gasteiger partial charge in [-0.2, -0.15) is 0 Å². The number of hydrogen-bond donors (Lipinski definition) is 1. The van der Waals surface area contributed by atoms with Crippen molar-refractivity contribution in [3.8, 4) is 0 Å². The molecule has 0 aliphatic rings. The van der Waals surface area contributed by atoms with Gasteiger partial charge in [-0.05, 0) is 65.8 Å². The van der Waals surface area contributed by atoms with Gasteiger partial charge in [0.25, 0.3) is 5.91 Å².